The second kappa shape index (κ2) is 7.69. The molecule has 3 heterocycles. The number of amides is 1. The maximum atomic E-state index is 13.0. The Morgan fingerprint density at radius 2 is 2.04 bits per heavy atom. The highest BCUT2D eigenvalue weighted by Crippen LogP contribution is 2.40. The molecule has 28 heavy (non-hydrogen) atoms. The number of hydrogen-bond donors (Lipinski definition) is 1. The van der Waals surface area contributed by atoms with E-state index in [1.54, 1.807) is 60.9 Å². The molecule has 0 radical (unpaired) electrons. The average Bonchev–Trinajstić information content (AvgIpc) is 3.31. The molecule has 0 saturated carbocycles. The Morgan fingerprint density at radius 3 is 2.75 bits per heavy atom. The van der Waals surface area contributed by atoms with E-state index >= 15 is 0 Å². The summed E-state index contributed by atoms with van der Waals surface area (Å²) in [6, 6.07) is 11.0. The summed E-state index contributed by atoms with van der Waals surface area (Å²) in [5, 5.41) is 5.83. The molecule has 1 aliphatic rings. The first kappa shape index (κ1) is 18.6. The van der Waals surface area contributed by atoms with E-state index in [2.05, 4.69) is 10.3 Å². The number of pyridine rings is 1. The van der Waals surface area contributed by atoms with E-state index in [1.807, 2.05) is 17.5 Å². The number of halogens is 1. The minimum absolute atomic E-state index is 0.0624. The highest BCUT2D eigenvalue weighted by atomic mass is 35.5. The minimum atomic E-state index is -0.441. The number of nitrogens with zero attached hydrogens (tertiary/aromatic N) is 2. The Hall–Kier alpha value is -2.77. The van der Waals surface area contributed by atoms with Gasteiger partial charge >= 0.3 is 0 Å². The lowest BCUT2D eigenvalue weighted by Crippen LogP contribution is -2.31. The summed E-state index contributed by atoms with van der Waals surface area (Å²) in [7, 11) is 3.12. The van der Waals surface area contributed by atoms with Crippen LogP contribution in [0.3, 0.4) is 0 Å². The van der Waals surface area contributed by atoms with Gasteiger partial charge in [0.1, 0.15) is 17.7 Å². The normalized spacial score (nSPS) is 15.5. The van der Waals surface area contributed by atoms with Crippen molar-refractivity contribution in [1.29, 1.82) is 0 Å². The fourth-order valence-corrected chi connectivity index (χ4v) is 4.18. The summed E-state index contributed by atoms with van der Waals surface area (Å²) in [6.45, 7) is 0.483. The van der Waals surface area contributed by atoms with Crippen molar-refractivity contribution < 1.29 is 14.3 Å². The topological polar surface area (TPSA) is 63.7 Å². The van der Waals surface area contributed by atoms with Crippen molar-refractivity contribution in [1.82, 2.24) is 9.88 Å². The van der Waals surface area contributed by atoms with E-state index < -0.39 is 6.17 Å². The van der Waals surface area contributed by atoms with Crippen molar-refractivity contribution in [3.8, 4) is 11.5 Å². The quantitative estimate of drug-likeness (QED) is 0.638. The third-order valence-corrected chi connectivity index (χ3v) is 5.73. The summed E-state index contributed by atoms with van der Waals surface area (Å²) in [4.78, 5) is 20.3. The minimum Gasteiger partial charge on any atom is -0.495 e. The van der Waals surface area contributed by atoms with E-state index in [1.165, 1.54) is 0 Å². The average molecular weight is 416 g/mol. The highest BCUT2D eigenvalue weighted by molar-refractivity contribution is 7.09. The Balaban J connectivity index is 1.73. The number of fused-ring (bicyclic) bond motifs is 1. The summed E-state index contributed by atoms with van der Waals surface area (Å²) >= 11 is 7.92. The molecule has 0 fully saturated rings. The molecule has 1 aromatic carbocycles. The van der Waals surface area contributed by atoms with Crippen molar-refractivity contribution in [2.24, 2.45) is 0 Å². The van der Waals surface area contributed by atoms with Gasteiger partial charge in [-0.1, -0.05) is 17.7 Å². The van der Waals surface area contributed by atoms with E-state index in [-0.39, 0.29) is 5.91 Å². The molecule has 2 aromatic heterocycles. The molecular formula is C20H18ClN3O3S. The monoisotopic (exact) mass is 415 g/mol. The number of benzene rings is 1. The van der Waals surface area contributed by atoms with Crippen LogP contribution in [0.25, 0.3) is 0 Å². The van der Waals surface area contributed by atoms with E-state index in [9.17, 15) is 4.79 Å². The maximum absolute atomic E-state index is 13.0. The second-order valence-corrected chi connectivity index (χ2v) is 7.62. The van der Waals surface area contributed by atoms with Crippen LogP contribution in [0, 0.1) is 0 Å². The Morgan fingerprint density at radius 1 is 1.21 bits per heavy atom. The zero-order valence-corrected chi connectivity index (χ0v) is 16.9. The number of hydrogen-bond acceptors (Lipinski definition) is 6. The van der Waals surface area contributed by atoms with Crippen LogP contribution in [0.1, 0.15) is 27.1 Å². The molecule has 144 valence electrons. The number of carbonyl (C=O) groups excluding carboxylic acids is 1. The van der Waals surface area contributed by atoms with Crippen molar-refractivity contribution >= 4 is 34.5 Å². The molecule has 8 heteroatoms. The van der Waals surface area contributed by atoms with E-state index in [0.29, 0.717) is 40.0 Å². The van der Waals surface area contributed by atoms with Gasteiger partial charge in [-0.2, -0.15) is 0 Å². The van der Waals surface area contributed by atoms with Crippen molar-refractivity contribution in [3.05, 3.63) is 69.1 Å². The van der Waals surface area contributed by atoms with Crippen LogP contribution in [0.4, 0.5) is 5.69 Å². The molecule has 1 atom stereocenters. The lowest BCUT2D eigenvalue weighted by Gasteiger charge is -2.27. The summed E-state index contributed by atoms with van der Waals surface area (Å²) in [6.07, 6.45) is 1.25. The largest absolute Gasteiger partial charge is 0.495 e. The lowest BCUT2D eigenvalue weighted by atomic mass is 10.2. The molecule has 0 bridgehead atoms. The second-order valence-electron chi connectivity index (χ2n) is 6.18. The first-order valence-corrected chi connectivity index (χ1v) is 9.84. The van der Waals surface area contributed by atoms with Crippen LogP contribution in [-0.4, -0.2) is 30.0 Å². The lowest BCUT2D eigenvalue weighted by molar-refractivity contribution is 0.0729. The third-order valence-electron chi connectivity index (χ3n) is 4.57. The van der Waals surface area contributed by atoms with Gasteiger partial charge in [-0.05, 0) is 29.6 Å². The van der Waals surface area contributed by atoms with Gasteiger partial charge in [-0.15, -0.1) is 11.3 Å². The molecule has 6 nitrogen and oxygen atoms in total. The van der Waals surface area contributed by atoms with Gasteiger partial charge in [0.2, 0.25) is 0 Å². The Labute approximate surface area is 171 Å². The van der Waals surface area contributed by atoms with E-state index in [0.717, 1.165) is 4.88 Å². The SMILES string of the molecule is COc1cc(OC)c(NC2c3ncccc3C(=O)N2Cc2cccs2)cc1Cl. The molecule has 1 unspecified atom stereocenters. The van der Waals surface area contributed by atoms with Gasteiger partial charge in [0.25, 0.3) is 5.91 Å². The molecule has 1 aliphatic heterocycles. The molecule has 1 N–H and O–H groups in total. The number of rotatable bonds is 6. The number of methoxy groups -OCH3 is 2. The summed E-state index contributed by atoms with van der Waals surface area (Å²) in [5.74, 6) is 1.02. The van der Waals surface area contributed by atoms with Crippen LogP contribution < -0.4 is 14.8 Å². The Bertz CT molecular complexity index is 1010. The summed E-state index contributed by atoms with van der Waals surface area (Å²) in [5.41, 5.74) is 1.92. The van der Waals surface area contributed by atoms with Gasteiger partial charge in [0, 0.05) is 17.1 Å². The first-order valence-electron chi connectivity index (χ1n) is 8.58. The predicted molar refractivity (Wildman–Crippen MR) is 109 cm³/mol. The van der Waals surface area contributed by atoms with Gasteiger partial charge in [-0.3, -0.25) is 9.78 Å². The number of aromatic nitrogens is 1. The standard InChI is InChI=1S/C20H18ClN3O3S/c1-26-16-10-17(27-2)15(9-14(16)21)23-19-18-13(6-3-7-22-18)20(25)24(19)11-12-5-4-8-28-12/h3-10,19,23H,11H2,1-2H3. The molecular weight excluding hydrogens is 398 g/mol. The molecule has 1 amide bonds. The zero-order chi connectivity index (χ0) is 19.7. The summed E-state index contributed by atoms with van der Waals surface area (Å²) < 4.78 is 10.7. The molecule has 4 rings (SSSR count). The third kappa shape index (κ3) is 3.27. The molecule has 0 aliphatic carbocycles. The fraction of sp³-hybridized carbons (Fsp3) is 0.200. The van der Waals surface area contributed by atoms with E-state index in [4.69, 9.17) is 21.1 Å². The van der Waals surface area contributed by atoms with Crippen LogP contribution in [0.5, 0.6) is 11.5 Å². The number of carbonyl (C=O) groups is 1. The highest BCUT2D eigenvalue weighted by Gasteiger charge is 2.38. The number of ether oxygens (including phenoxy) is 2. The molecule has 3 aromatic rings. The van der Waals surface area contributed by atoms with Crippen molar-refractivity contribution in [2.45, 2.75) is 12.7 Å². The maximum Gasteiger partial charge on any atom is 0.258 e. The number of anilines is 1. The predicted octanol–water partition coefficient (Wildman–Crippen LogP) is 4.58. The van der Waals surface area contributed by atoms with Gasteiger partial charge in [0.15, 0.2) is 0 Å². The van der Waals surface area contributed by atoms with Crippen molar-refractivity contribution in [3.63, 3.8) is 0 Å². The fourth-order valence-electron chi connectivity index (χ4n) is 3.24. The van der Waals surface area contributed by atoms with Gasteiger partial charge in [-0.25, -0.2) is 0 Å². The molecule has 0 saturated heterocycles. The Kier molecular flexibility index (Phi) is 5.11. The van der Waals surface area contributed by atoms with Crippen LogP contribution in [0.2, 0.25) is 5.02 Å². The molecule has 0 spiro atoms. The van der Waals surface area contributed by atoms with Crippen LogP contribution in [-0.2, 0) is 6.54 Å². The van der Waals surface area contributed by atoms with Gasteiger partial charge < -0.3 is 19.7 Å². The van der Waals surface area contributed by atoms with Crippen molar-refractivity contribution in [2.75, 3.05) is 19.5 Å². The first-order chi connectivity index (χ1) is 13.6. The number of nitrogens with one attached hydrogen (secondary N) is 1. The van der Waals surface area contributed by atoms with Crippen LogP contribution in [0.15, 0.2) is 48.0 Å². The van der Waals surface area contributed by atoms with Gasteiger partial charge in [0.05, 0.1) is 42.7 Å². The number of thiophene rings is 1. The van der Waals surface area contributed by atoms with Crippen LogP contribution >= 0.6 is 22.9 Å². The smallest absolute Gasteiger partial charge is 0.258 e. The zero-order valence-electron chi connectivity index (χ0n) is 15.3.